The SMILES string of the molecule is CCn1cncc1Cn1c(CN2CC3C(C2)C3c2cccc3c2OC(C)(c2ccc(Cl)cc2F)O3)nc2c(F)cc(C(=O)OC)cc21. The second kappa shape index (κ2) is 11.1. The number of fused-ring (bicyclic) bond motifs is 3. The predicted molar refractivity (Wildman–Crippen MR) is 169 cm³/mol. The third-order valence-corrected chi connectivity index (χ3v) is 10.0. The highest BCUT2D eigenvalue weighted by molar-refractivity contribution is 6.30. The number of methoxy groups -OCH3 is 1. The fourth-order valence-electron chi connectivity index (χ4n) is 7.47. The Kier molecular flexibility index (Phi) is 7.03. The molecule has 9 nitrogen and oxygen atoms in total. The van der Waals surface area contributed by atoms with Gasteiger partial charge < -0.3 is 23.3 Å². The third kappa shape index (κ3) is 4.94. The van der Waals surface area contributed by atoms with Crippen molar-refractivity contribution in [3.05, 3.63) is 106 Å². The van der Waals surface area contributed by atoms with Gasteiger partial charge in [0.25, 0.3) is 5.79 Å². The highest BCUT2D eigenvalue weighted by Gasteiger charge is 2.58. The number of imidazole rings is 2. The summed E-state index contributed by atoms with van der Waals surface area (Å²) in [5.41, 5.74) is 3.18. The van der Waals surface area contributed by atoms with E-state index in [1.807, 2.05) is 28.2 Å². The molecule has 2 fully saturated rings. The summed E-state index contributed by atoms with van der Waals surface area (Å²) in [7, 11) is 1.28. The molecule has 0 bridgehead atoms. The predicted octanol–water partition coefficient (Wildman–Crippen LogP) is 6.51. The van der Waals surface area contributed by atoms with Gasteiger partial charge >= 0.3 is 5.97 Å². The molecule has 0 N–H and O–H groups in total. The number of ether oxygens (including phenoxy) is 3. The van der Waals surface area contributed by atoms with Crippen LogP contribution in [0.5, 0.6) is 11.5 Å². The lowest BCUT2D eigenvalue weighted by molar-refractivity contribution is -0.0710. The molecule has 12 heteroatoms. The summed E-state index contributed by atoms with van der Waals surface area (Å²) in [6.07, 6.45) is 3.57. The first-order valence-electron chi connectivity index (χ1n) is 15.6. The average molecular weight is 660 g/mol. The van der Waals surface area contributed by atoms with Gasteiger partial charge in [0.2, 0.25) is 0 Å². The number of aromatic nitrogens is 4. The summed E-state index contributed by atoms with van der Waals surface area (Å²) in [5.74, 6) is 0.0547. The number of halogens is 3. The zero-order valence-electron chi connectivity index (χ0n) is 26.0. The summed E-state index contributed by atoms with van der Waals surface area (Å²) in [6.45, 7) is 7.09. The highest BCUT2D eigenvalue weighted by atomic mass is 35.5. The number of para-hydroxylation sites is 1. The van der Waals surface area contributed by atoms with E-state index in [1.54, 1.807) is 37.6 Å². The fourth-order valence-corrected chi connectivity index (χ4v) is 7.63. The third-order valence-electron chi connectivity index (χ3n) is 9.79. The van der Waals surface area contributed by atoms with Crippen LogP contribution >= 0.6 is 11.6 Å². The summed E-state index contributed by atoms with van der Waals surface area (Å²) in [4.78, 5) is 23.7. The second-order valence-electron chi connectivity index (χ2n) is 12.6. The maximum Gasteiger partial charge on any atom is 0.338 e. The van der Waals surface area contributed by atoms with Crippen LogP contribution in [0.15, 0.2) is 61.1 Å². The minimum absolute atomic E-state index is 0.135. The molecule has 8 rings (SSSR count). The van der Waals surface area contributed by atoms with Crippen LogP contribution in [0.25, 0.3) is 11.0 Å². The first kappa shape index (κ1) is 29.9. The summed E-state index contributed by atoms with van der Waals surface area (Å²) in [5, 5.41) is 0.306. The number of carbonyl (C=O) groups excluding carboxylic acids is 1. The Morgan fingerprint density at radius 3 is 2.64 bits per heavy atom. The van der Waals surface area contributed by atoms with Crippen molar-refractivity contribution >= 4 is 28.6 Å². The van der Waals surface area contributed by atoms with Crippen LogP contribution in [0.4, 0.5) is 8.78 Å². The van der Waals surface area contributed by atoms with Crippen molar-refractivity contribution in [3.8, 4) is 11.5 Å². The fraction of sp³-hybridized carbons (Fsp3) is 0.343. The Hall–Kier alpha value is -4.48. The first-order valence-corrected chi connectivity index (χ1v) is 16.0. The number of aryl methyl sites for hydroxylation is 1. The maximum atomic E-state index is 15.3. The molecular formula is C35H32ClF2N5O4. The normalized spacial score (nSPS) is 23.0. The molecule has 242 valence electrons. The van der Waals surface area contributed by atoms with E-state index in [0.717, 1.165) is 30.9 Å². The minimum Gasteiger partial charge on any atom is -0.465 e. The van der Waals surface area contributed by atoms with Crippen molar-refractivity contribution in [2.45, 2.75) is 45.2 Å². The van der Waals surface area contributed by atoms with Gasteiger partial charge in [-0.2, -0.15) is 0 Å². The van der Waals surface area contributed by atoms with Crippen molar-refractivity contribution in [3.63, 3.8) is 0 Å². The van der Waals surface area contributed by atoms with Gasteiger partial charge in [0.15, 0.2) is 17.3 Å². The number of hydrogen-bond acceptors (Lipinski definition) is 7. The first-order chi connectivity index (χ1) is 22.7. The second-order valence-corrected chi connectivity index (χ2v) is 13.0. The van der Waals surface area contributed by atoms with E-state index in [1.165, 1.54) is 19.2 Å². The van der Waals surface area contributed by atoms with E-state index >= 15 is 4.39 Å². The van der Waals surface area contributed by atoms with Crippen molar-refractivity contribution < 1.29 is 27.8 Å². The zero-order chi connectivity index (χ0) is 32.6. The topological polar surface area (TPSA) is 83.6 Å². The van der Waals surface area contributed by atoms with Crippen molar-refractivity contribution in [2.24, 2.45) is 11.8 Å². The van der Waals surface area contributed by atoms with E-state index in [-0.39, 0.29) is 22.6 Å². The average Bonchev–Trinajstić information content (AvgIpc) is 3.53. The van der Waals surface area contributed by atoms with Crippen LogP contribution in [-0.4, -0.2) is 50.2 Å². The number of piperidine rings is 1. The lowest BCUT2D eigenvalue weighted by Gasteiger charge is -2.24. The van der Waals surface area contributed by atoms with Crippen LogP contribution < -0.4 is 9.47 Å². The molecular weight excluding hydrogens is 628 g/mol. The van der Waals surface area contributed by atoms with Gasteiger partial charge in [-0.15, -0.1) is 0 Å². The van der Waals surface area contributed by atoms with Crippen LogP contribution in [0.2, 0.25) is 5.02 Å². The Morgan fingerprint density at radius 1 is 1.09 bits per heavy atom. The summed E-state index contributed by atoms with van der Waals surface area (Å²) in [6, 6.07) is 13.2. The van der Waals surface area contributed by atoms with Crippen LogP contribution in [-0.2, 0) is 30.2 Å². The van der Waals surface area contributed by atoms with Crippen LogP contribution in [0.3, 0.4) is 0 Å². The molecule has 2 aromatic heterocycles. The number of carbonyl (C=O) groups is 1. The number of nitrogens with zero attached hydrogens (tertiary/aromatic N) is 5. The van der Waals surface area contributed by atoms with Crippen LogP contribution in [0.1, 0.15) is 52.8 Å². The van der Waals surface area contributed by atoms with Gasteiger partial charge in [-0.25, -0.2) is 23.5 Å². The summed E-state index contributed by atoms with van der Waals surface area (Å²) < 4.78 is 51.7. The number of rotatable bonds is 8. The van der Waals surface area contributed by atoms with Gasteiger partial charge in [0.1, 0.15) is 17.2 Å². The van der Waals surface area contributed by atoms with E-state index in [2.05, 4.69) is 16.0 Å². The molecule has 5 aromatic rings. The Balaban J connectivity index is 1.04. The molecule has 3 atom stereocenters. The van der Waals surface area contributed by atoms with E-state index < -0.39 is 23.4 Å². The van der Waals surface area contributed by atoms with E-state index in [9.17, 15) is 9.18 Å². The molecule has 1 saturated heterocycles. The summed E-state index contributed by atoms with van der Waals surface area (Å²) >= 11 is 5.99. The Morgan fingerprint density at radius 2 is 1.89 bits per heavy atom. The van der Waals surface area contributed by atoms with E-state index in [0.29, 0.717) is 52.8 Å². The molecule has 0 spiro atoms. The number of benzene rings is 3. The minimum atomic E-state index is -1.31. The molecule has 3 aromatic carbocycles. The quantitative estimate of drug-likeness (QED) is 0.176. The Bertz CT molecular complexity index is 2050. The monoisotopic (exact) mass is 659 g/mol. The maximum absolute atomic E-state index is 15.3. The van der Waals surface area contributed by atoms with E-state index in [4.69, 9.17) is 30.8 Å². The smallest absolute Gasteiger partial charge is 0.338 e. The van der Waals surface area contributed by atoms with Gasteiger partial charge in [0, 0.05) is 43.3 Å². The highest BCUT2D eigenvalue weighted by Crippen LogP contribution is 2.62. The number of esters is 1. The molecule has 0 radical (unpaired) electrons. The van der Waals surface area contributed by atoms with Gasteiger partial charge in [-0.1, -0.05) is 23.7 Å². The van der Waals surface area contributed by atoms with Crippen molar-refractivity contribution in [2.75, 3.05) is 20.2 Å². The van der Waals surface area contributed by atoms with Gasteiger partial charge in [0.05, 0.1) is 48.9 Å². The molecule has 0 amide bonds. The molecule has 47 heavy (non-hydrogen) atoms. The number of likely N-dealkylation sites (tertiary alicyclic amines) is 1. The lowest BCUT2D eigenvalue weighted by Crippen LogP contribution is -2.32. The largest absolute Gasteiger partial charge is 0.465 e. The van der Waals surface area contributed by atoms with Crippen molar-refractivity contribution in [1.29, 1.82) is 0 Å². The molecule has 1 saturated carbocycles. The zero-order valence-corrected chi connectivity index (χ0v) is 26.8. The number of hydrogen-bond donors (Lipinski definition) is 0. The van der Waals surface area contributed by atoms with Crippen LogP contribution in [0, 0.1) is 23.5 Å². The molecule has 2 aliphatic heterocycles. The van der Waals surface area contributed by atoms with Gasteiger partial charge in [-0.05, 0) is 61.1 Å². The molecule has 1 aliphatic carbocycles. The standard InChI is InChI=1S/C35H32ClF2N5O4/c1-4-42-18-39-13-21(42)14-43-28-11-19(34(44)45-3)10-27(38)32(28)40-30(43)17-41-15-23-24(16-41)31(23)22-6-5-7-29-33(22)47-35(2,46-29)25-9-8-20(36)12-26(25)37/h5-13,18,23-24,31H,4,14-17H2,1-3H3. The molecule has 3 unspecified atom stereocenters. The van der Waals surface area contributed by atoms with Crippen molar-refractivity contribution in [1.82, 2.24) is 24.0 Å². The molecule has 4 heterocycles. The Labute approximate surface area is 274 Å². The lowest BCUT2D eigenvalue weighted by atomic mass is 10.0. The molecule has 3 aliphatic rings. The van der Waals surface area contributed by atoms with Gasteiger partial charge in [-0.3, -0.25) is 4.90 Å².